The number of halogens is 1. The molecule has 0 saturated carbocycles. The second-order valence-corrected chi connectivity index (χ2v) is 2.97. The van der Waals surface area contributed by atoms with E-state index in [1.807, 2.05) is 12.1 Å². The van der Waals surface area contributed by atoms with E-state index in [-0.39, 0.29) is 0 Å². The third kappa shape index (κ3) is 1.70. The van der Waals surface area contributed by atoms with Crippen molar-refractivity contribution in [3.8, 4) is 0 Å². The molecule has 0 bridgehead atoms. The van der Waals surface area contributed by atoms with Crippen LogP contribution in [0.2, 0.25) is 5.15 Å². The highest BCUT2D eigenvalue weighted by Gasteiger charge is 2.23. The minimum absolute atomic E-state index is 0.386. The van der Waals surface area contributed by atoms with Gasteiger partial charge in [0.2, 0.25) is 0 Å². The fraction of sp³-hybridized carbons (Fsp3) is 0.375. The Hall–Kier alpha value is -0.600. The van der Waals surface area contributed by atoms with Crippen LogP contribution in [0.15, 0.2) is 18.3 Å². The van der Waals surface area contributed by atoms with Crippen molar-refractivity contribution in [2.75, 3.05) is 6.61 Å². The Balaban J connectivity index is 2.15. The summed E-state index contributed by atoms with van der Waals surface area (Å²) in [6.45, 7) is 0.866. The van der Waals surface area contributed by atoms with E-state index in [9.17, 15) is 0 Å². The molecule has 1 aromatic rings. The van der Waals surface area contributed by atoms with Gasteiger partial charge in [0.05, 0.1) is 12.7 Å². The van der Waals surface area contributed by atoms with Gasteiger partial charge in [0.1, 0.15) is 5.15 Å². The fourth-order valence-corrected chi connectivity index (χ4v) is 1.20. The summed E-state index contributed by atoms with van der Waals surface area (Å²) in [5.74, 6) is 0. The summed E-state index contributed by atoms with van der Waals surface area (Å²) < 4.78 is 5.08. The molecule has 1 aromatic heterocycles. The van der Waals surface area contributed by atoms with Crippen LogP contribution in [0.3, 0.4) is 0 Å². The van der Waals surface area contributed by atoms with Gasteiger partial charge < -0.3 is 4.74 Å². The predicted octanol–water partition coefficient (Wildman–Crippen LogP) is 1.68. The fourth-order valence-electron chi connectivity index (χ4n) is 1.00. The second kappa shape index (κ2) is 2.80. The number of aromatic nitrogens is 1. The lowest BCUT2D eigenvalue weighted by molar-refractivity contribution is 0.407. The SMILES string of the molecule is Clc1ncccc1CC1CO1. The summed E-state index contributed by atoms with van der Waals surface area (Å²) in [6.07, 6.45) is 2.98. The van der Waals surface area contributed by atoms with Crippen LogP contribution in [0, 0.1) is 0 Å². The lowest BCUT2D eigenvalue weighted by atomic mass is 10.2. The molecule has 1 unspecified atom stereocenters. The summed E-state index contributed by atoms with van der Waals surface area (Å²) in [5, 5.41) is 0.600. The molecule has 0 aliphatic carbocycles. The van der Waals surface area contributed by atoms with Crippen LogP contribution in [0.25, 0.3) is 0 Å². The molecular formula is C8H8ClNO. The van der Waals surface area contributed by atoms with Crippen LogP contribution >= 0.6 is 11.6 Å². The van der Waals surface area contributed by atoms with Gasteiger partial charge in [-0.1, -0.05) is 17.7 Å². The van der Waals surface area contributed by atoms with Gasteiger partial charge in [0, 0.05) is 12.6 Å². The van der Waals surface area contributed by atoms with Crippen LogP contribution < -0.4 is 0 Å². The second-order valence-electron chi connectivity index (χ2n) is 2.61. The molecule has 0 aromatic carbocycles. The van der Waals surface area contributed by atoms with Gasteiger partial charge in [-0.15, -0.1) is 0 Å². The maximum atomic E-state index is 5.83. The highest BCUT2D eigenvalue weighted by atomic mass is 35.5. The van der Waals surface area contributed by atoms with Crippen LogP contribution in [-0.4, -0.2) is 17.7 Å². The minimum Gasteiger partial charge on any atom is -0.373 e. The molecule has 2 heterocycles. The number of nitrogens with zero attached hydrogens (tertiary/aromatic N) is 1. The van der Waals surface area contributed by atoms with Crippen molar-refractivity contribution in [1.29, 1.82) is 0 Å². The van der Waals surface area contributed by atoms with Gasteiger partial charge in [0.25, 0.3) is 0 Å². The van der Waals surface area contributed by atoms with Crippen molar-refractivity contribution in [3.05, 3.63) is 29.0 Å². The average Bonchev–Trinajstić information content (AvgIpc) is 2.78. The third-order valence-corrected chi connectivity index (χ3v) is 2.03. The van der Waals surface area contributed by atoms with E-state index in [1.165, 1.54) is 0 Å². The topological polar surface area (TPSA) is 25.4 Å². The Morgan fingerprint density at radius 2 is 2.55 bits per heavy atom. The van der Waals surface area contributed by atoms with Gasteiger partial charge in [-0.3, -0.25) is 0 Å². The molecule has 1 aliphatic rings. The van der Waals surface area contributed by atoms with Crippen molar-refractivity contribution >= 4 is 11.6 Å². The van der Waals surface area contributed by atoms with Gasteiger partial charge in [-0.05, 0) is 11.6 Å². The molecule has 0 radical (unpaired) electrons. The highest BCUT2D eigenvalue weighted by Crippen LogP contribution is 2.20. The maximum absolute atomic E-state index is 5.83. The van der Waals surface area contributed by atoms with Crippen LogP contribution in [-0.2, 0) is 11.2 Å². The Morgan fingerprint density at radius 1 is 1.73 bits per heavy atom. The molecule has 2 nitrogen and oxygen atoms in total. The predicted molar refractivity (Wildman–Crippen MR) is 42.7 cm³/mol. The van der Waals surface area contributed by atoms with E-state index in [1.54, 1.807) is 6.20 Å². The Kier molecular flexibility index (Phi) is 1.80. The molecule has 2 rings (SSSR count). The molecule has 1 atom stereocenters. The van der Waals surface area contributed by atoms with E-state index in [4.69, 9.17) is 16.3 Å². The van der Waals surface area contributed by atoms with Crippen molar-refractivity contribution in [2.24, 2.45) is 0 Å². The number of ether oxygens (including phenoxy) is 1. The third-order valence-electron chi connectivity index (χ3n) is 1.69. The number of rotatable bonds is 2. The number of hydrogen-bond acceptors (Lipinski definition) is 2. The lowest BCUT2D eigenvalue weighted by Crippen LogP contribution is -1.94. The lowest BCUT2D eigenvalue weighted by Gasteiger charge is -1.98. The zero-order chi connectivity index (χ0) is 7.68. The largest absolute Gasteiger partial charge is 0.373 e. The first-order chi connectivity index (χ1) is 5.36. The van der Waals surface area contributed by atoms with Gasteiger partial charge in [-0.2, -0.15) is 0 Å². The van der Waals surface area contributed by atoms with E-state index in [0.29, 0.717) is 11.3 Å². The van der Waals surface area contributed by atoms with Gasteiger partial charge >= 0.3 is 0 Å². The molecule has 3 heteroatoms. The standard InChI is InChI=1S/C8H8ClNO/c9-8-6(2-1-3-10-8)4-7-5-11-7/h1-3,7H,4-5H2. The zero-order valence-corrected chi connectivity index (χ0v) is 6.71. The van der Waals surface area contributed by atoms with Crippen molar-refractivity contribution < 1.29 is 4.74 Å². The summed E-state index contributed by atoms with van der Waals surface area (Å²) in [7, 11) is 0. The number of pyridine rings is 1. The first-order valence-electron chi connectivity index (χ1n) is 3.57. The molecule has 11 heavy (non-hydrogen) atoms. The molecular weight excluding hydrogens is 162 g/mol. The van der Waals surface area contributed by atoms with E-state index in [0.717, 1.165) is 18.6 Å². The quantitative estimate of drug-likeness (QED) is 0.497. The first-order valence-corrected chi connectivity index (χ1v) is 3.95. The minimum atomic E-state index is 0.386. The molecule has 1 fully saturated rings. The monoisotopic (exact) mass is 169 g/mol. The Bertz CT molecular complexity index is 260. The molecule has 0 N–H and O–H groups in total. The molecule has 1 saturated heterocycles. The van der Waals surface area contributed by atoms with Crippen LogP contribution in [0.4, 0.5) is 0 Å². The van der Waals surface area contributed by atoms with E-state index < -0.39 is 0 Å². The molecule has 58 valence electrons. The highest BCUT2D eigenvalue weighted by molar-refractivity contribution is 6.30. The summed E-state index contributed by atoms with van der Waals surface area (Å²) in [4.78, 5) is 3.97. The van der Waals surface area contributed by atoms with Gasteiger partial charge in [0.15, 0.2) is 0 Å². The van der Waals surface area contributed by atoms with Crippen LogP contribution in [0.5, 0.6) is 0 Å². The Morgan fingerprint density at radius 3 is 3.18 bits per heavy atom. The maximum Gasteiger partial charge on any atom is 0.132 e. The smallest absolute Gasteiger partial charge is 0.132 e. The van der Waals surface area contributed by atoms with E-state index >= 15 is 0 Å². The van der Waals surface area contributed by atoms with Crippen LogP contribution in [0.1, 0.15) is 5.56 Å². The molecule has 1 aliphatic heterocycles. The number of hydrogen-bond donors (Lipinski definition) is 0. The van der Waals surface area contributed by atoms with Crippen molar-refractivity contribution in [2.45, 2.75) is 12.5 Å². The zero-order valence-electron chi connectivity index (χ0n) is 5.96. The van der Waals surface area contributed by atoms with Gasteiger partial charge in [-0.25, -0.2) is 4.98 Å². The first kappa shape index (κ1) is 7.07. The summed E-state index contributed by atoms with van der Waals surface area (Å²) in [5.41, 5.74) is 1.08. The average molecular weight is 170 g/mol. The van der Waals surface area contributed by atoms with E-state index in [2.05, 4.69) is 4.98 Å². The summed E-state index contributed by atoms with van der Waals surface area (Å²) >= 11 is 5.83. The molecule has 0 spiro atoms. The Labute approximate surface area is 70.2 Å². The van der Waals surface area contributed by atoms with Crippen molar-refractivity contribution in [1.82, 2.24) is 4.98 Å². The molecule has 0 amide bonds. The van der Waals surface area contributed by atoms with Crippen molar-refractivity contribution in [3.63, 3.8) is 0 Å². The summed E-state index contributed by atoms with van der Waals surface area (Å²) in [6, 6.07) is 3.88. The number of epoxide rings is 1. The normalized spacial score (nSPS) is 21.7.